The average Bonchev–Trinajstić information content (AvgIpc) is 3.42. The molecule has 3 N–H and O–H groups in total. The molecule has 0 rings (SSSR count). The van der Waals surface area contributed by atoms with Gasteiger partial charge in [0, 0.05) is 12.8 Å². The van der Waals surface area contributed by atoms with Crippen LogP contribution in [0.3, 0.4) is 0 Å². The molecule has 0 aliphatic heterocycles. The lowest BCUT2D eigenvalue weighted by Crippen LogP contribution is -2.45. The van der Waals surface area contributed by atoms with Gasteiger partial charge in [-0.15, -0.1) is 0 Å². The number of rotatable bonds is 65. The molecule has 0 aliphatic carbocycles. The van der Waals surface area contributed by atoms with E-state index in [4.69, 9.17) is 4.74 Å². The maximum atomic E-state index is 12.5. The summed E-state index contributed by atoms with van der Waals surface area (Å²) in [5.74, 6) is -0.0511. The highest BCUT2D eigenvalue weighted by atomic mass is 16.5. The Morgan fingerprint density at radius 3 is 0.934 bits per heavy atom. The zero-order chi connectivity index (χ0) is 55.0. The van der Waals surface area contributed by atoms with Gasteiger partial charge in [-0.25, -0.2) is 0 Å². The van der Waals surface area contributed by atoms with Gasteiger partial charge in [0.25, 0.3) is 0 Å². The summed E-state index contributed by atoms with van der Waals surface area (Å²) >= 11 is 0. The summed E-state index contributed by atoms with van der Waals surface area (Å²) < 4.78 is 5.49. The van der Waals surface area contributed by atoms with Crippen LogP contribution in [-0.2, 0) is 14.3 Å². The molecule has 6 heteroatoms. The van der Waals surface area contributed by atoms with Crippen LogP contribution in [0.15, 0.2) is 24.3 Å². The molecule has 0 aliphatic rings. The number of aliphatic hydroxyl groups excluding tert-OH is 2. The minimum absolute atomic E-state index is 0.0111. The van der Waals surface area contributed by atoms with Gasteiger partial charge in [0.15, 0.2) is 0 Å². The van der Waals surface area contributed by atoms with Gasteiger partial charge >= 0.3 is 5.97 Å². The number of aliphatic hydroxyl groups is 2. The molecule has 0 saturated heterocycles. The zero-order valence-electron chi connectivity index (χ0n) is 51.5. The molecule has 0 spiro atoms. The van der Waals surface area contributed by atoms with Crippen LogP contribution in [0.5, 0.6) is 0 Å². The smallest absolute Gasteiger partial charge is 0.305 e. The zero-order valence-corrected chi connectivity index (χ0v) is 51.5. The molecule has 1 amide bonds. The van der Waals surface area contributed by atoms with Gasteiger partial charge < -0.3 is 20.3 Å². The fourth-order valence-corrected chi connectivity index (χ4v) is 10.9. The molecule has 0 fully saturated rings. The number of carbonyl (C=O) groups excluding carboxylic acids is 2. The highest BCUT2D eigenvalue weighted by Gasteiger charge is 2.18. The van der Waals surface area contributed by atoms with E-state index in [1.165, 1.54) is 315 Å². The first-order chi connectivity index (χ1) is 37.5. The van der Waals surface area contributed by atoms with Crippen LogP contribution in [0.2, 0.25) is 0 Å². The van der Waals surface area contributed by atoms with Gasteiger partial charge in [-0.2, -0.15) is 0 Å². The molecule has 0 heterocycles. The van der Waals surface area contributed by atoms with Crippen molar-refractivity contribution in [2.75, 3.05) is 13.2 Å². The largest absolute Gasteiger partial charge is 0.466 e. The Morgan fingerprint density at radius 2 is 0.618 bits per heavy atom. The van der Waals surface area contributed by atoms with Crippen LogP contribution in [-0.4, -0.2) is 47.4 Å². The summed E-state index contributed by atoms with van der Waals surface area (Å²) in [6.07, 6.45) is 82.5. The van der Waals surface area contributed by atoms with Crippen LogP contribution in [0.4, 0.5) is 0 Å². The van der Waals surface area contributed by atoms with Crippen molar-refractivity contribution in [3.8, 4) is 0 Å². The number of esters is 1. The van der Waals surface area contributed by atoms with Gasteiger partial charge in [-0.05, 0) is 57.8 Å². The minimum atomic E-state index is -0.842. The van der Waals surface area contributed by atoms with E-state index in [0.29, 0.717) is 19.4 Å². The summed E-state index contributed by atoms with van der Waals surface area (Å²) in [5, 5.41) is 23.2. The normalized spacial score (nSPS) is 12.6. The van der Waals surface area contributed by atoms with Crippen molar-refractivity contribution in [2.45, 2.75) is 398 Å². The molecule has 2 unspecified atom stereocenters. The number of ether oxygens (including phenoxy) is 1. The fraction of sp³-hybridized carbons (Fsp3) is 0.914. The summed E-state index contributed by atoms with van der Waals surface area (Å²) in [5.41, 5.74) is 0. The lowest BCUT2D eigenvalue weighted by atomic mass is 10.0. The van der Waals surface area contributed by atoms with E-state index in [9.17, 15) is 19.8 Å². The Labute approximate surface area is 475 Å². The molecule has 2 atom stereocenters. The lowest BCUT2D eigenvalue weighted by molar-refractivity contribution is -0.143. The average molecular weight is 1070 g/mol. The SMILES string of the molecule is CCCCCCCC/C=C\CCCCCCCC(=O)OCCCCCCCCCCCCCCCCCCCCCCCCCCCCCCC(=O)NC(CO)C(O)/C=C/CCCCCCCCCCCCCCCC. The molecular formula is C70H135NO5. The number of carbonyl (C=O) groups is 2. The first-order valence-corrected chi connectivity index (χ1v) is 34.6. The molecule has 6 nitrogen and oxygen atoms in total. The minimum Gasteiger partial charge on any atom is -0.466 e. The topological polar surface area (TPSA) is 95.9 Å². The maximum Gasteiger partial charge on any atom is 0.305 e. The van der Waals surface area contributed by atoms with E-state index in [1.807, 2.05) is 6.08 Å². The summed E-state index contributed by atoms with van der Waals surface area (Å²) in [6, 6.07) is -0.625. The van der Waals surface area contributed by atoms with Crippen molar-refractivity contribution in [1.82, 2.24) is 5.32 Å². The molecule has 0 radical (unpaired) electrons. The highest BCUT2D eigenvalue weighted by molar-refractivity contribution is 5.76. The molecule has 0 saturated carbocycles. The molecule has 450 valence electrons. The number of hydrogen-bond acceptors (Lipinski definition) is 5. The fourth-order valence-electron chi connectivity index (χ4n) is 10.9. The Hall–Kier alpha value is -1.66. The molecule has 0 bridgehead atoms. The summed E-state index contributed by atoms with van der Waals surface area (Å²) in [4.78, 5) is 24.6. The van der Waals surface area contributed by atoms with Gasteiger partial charge in [0.1, 0.15) is 0 Å². The van der Waals surface area contributed by atoms with Crippen LogP contribution < -0.4 is 5.32 Å². The molecular weight excluding hydrogens is 935 g/mol. The predicted molar refractivity (Wildman–Crippen MR) is 333 cm³/mol. The van der Waals surface area contributed by atoms with Crippen molar-refractivity contribution in [3.05, 3.63) is 24.3 Å². The van der Waals surface area contributed by atoms with Crippen LogP contribution >= 0.6 is 0 Å². The van der Waals surface area contributed by atoms with E-state index in [2.05, 4.69) is 31.3 Å². The van der Waals surface area contributed by atoms with E-state index in [1.54, 1.807) is 6.08 Å². The van der Waals surface area contributed by atoms with Crippen LogP contribution in [0.1, 0.15) is 386 Å². The van der Waals surface area contributed by atoms with E-state index in [-0.39, 0.29) is 18.5 Å². The number of allylic oxidation sites excluding steroid dienone is 3. The second kappa shape index (κ2) is 65.9. The number of nitrogens with one attached hydrogen (secondary N) is 1. The molecule has 0 aromatic rings. The Bertz CT molecular complexity index is 1190. The van der Waals surface area contributed by atoms with Crippen molar-refractivity contribution in [2.24, 2.45) is 0 Å². The van der Waals surface area contributed by atoms with Gasteiger partial charge in [0.05, 0.1) is 25.4 Å². The highest BCUT2D eigenvalue weighted by Crippen LogP contribution is 2.19. The summed E-state index contributed by atoms with van der Waals surface area (Å²) in [7, 11) is 0. The van der Waals surface area contributed by atoms with E-state index in [0.717, 1.165) is 44.9 Å². The Balaban J connectivity index is 3.35. The van der Waals surface area contributed by atoms with Crippen molar-refractivity contribution in [3.63, 3.8) is 0 Å². The standard InChI is InChI=1S/C70H135NO5/c1-3-5-7-9-11-13-15-17-19-35-38-42-46-50-54-58-62-68(73)67(66-72)71-69(74)63-59-55-51-47-43-39-36-32-30-28-26-24-22-20-21-23-25-27-29-31-33-37-41-45-49-53-57-61-65-76-70(75)64-60-56-52-48-44-40-34-18-16-14-12-10-8-6-4-2/h18,34,58,62,67-68,72-73H,3-17,19-33,35-57,59-61,63-66H2,1-2H3,(H,71,74)/b34-18-,62-58+. The maximum absolute atomic E-state index is 12.5. The van der Waals surface area contributed by atoms with E-state index >= 15 is 0 Å². The Morgan fingerprint density at radius 1 is 0.355 bits per heavy atom. The molecule has 0 aromatic heterocycles. The van der Waals surface area contributed by atoms with Gasteiger partial charge in [0.2, 0.25) is 5.91 Å². The Kier molecular flexibility index (Phi) is 64.4. The number of hydrogen-bond donors (Lipinski definition) is 3. The van der Waals surface area contributed by atoms with Gasteiger partial charge in [-0.1, -0.05) is 340 Å². The number of amides is 1. The van der Waals surface area contributed by atoms with Gasteiger partial charge in [-0.3, -0.25) is 9.59 Å². The second-order valence-electron chi connectivity index (χ2n) is 23.9. The van der Waals surface area contributed by atoms with Crippen LogP contribution in [0.25, 0.3) is 0 Å². The molecule has 0 aromatic carbocycles. The third-order valence-corrected chi connectivity index (χ3v) is 16.2. The van der Waals surface area contributed by atoms with Crippen molar-refractivity contribution in [1.29, 1.82) is 0 Å². The van der Waals surface area contributed by atoms with Crippen molar-refractivity contribution >= 4 is 11.9 Å². The lowest BCUT2D eigenvalue weighted by Gasteiger charge is -2.20. The van der Waals surface area contributed by atoms with E-state index < -0.39 is 12.1 Å². The first-order valence-electron chi connectivity index (χ1n) is 34.6. The van der Waals surface area contributed by atoms with Crippen LogP contribution in [0, 0.1) is 0 Å². The summed E-state index contributed by atoms with van der Waals surface area (Å²) in [6.45, 7) is 4.93. The molecule has 76 heavy (non-hydrogen) atoms. The monoisotopic (exact) mass is 1070 g/mol. The second-order valence-corrected chi connectivity index (χ2v) is 23.9. The third-order valence-electron chi connectivity index (χ3n) is 16.2. The predicted octanol–water partition coefficient (Wildman–Crippen LogP) is 22.1. The number of unbranched alkanes of at least 4 members (excludes halogenated alkanes) is 52. The quantitative estimate of drug-likeness (QED) is 0.0320. The third kappa shape index (κ3) is 61.6. The first kappa shape index (κ1) is 74.3. The van der Waals surface area contributed by atoms with Crippen molar-refractivity contribution < 1.29 is 24.5 Å².